The third-order valence-corrected chi connectivity index (χ3v) is 3.80. The van der Waals surface area contributed by atoms with Crippen molar-refractivity contribution in [2.75, 3.05) is 39.8 Å². The average molecular weight is 276 g/mol. The molecule has 1 amide bonds. The van der Waals surface area contributed by atoms with Crippen LogP contribution in [0.4, 0.5) is 0 Å². The van der Waals surface area contributed by atoms with E-state index in [1.807, 2.05) is 29.2 Å². The maximum absolute atomic E-state index is 12.4. The Bertz CT molecular complexity index is 440. The minimum atomic E-state index is 0.200. The minimum absolute atomic E-state index is 0.200. The van der Waals surface area contributed by atoms with Gasteiger partial charge in [-0.3, -0.25) is 9.69 Å². The van der Waals surface area contributed by atoms with Crippen molar-refractivity contribution in [1.82, 2.24) is 9.80 Å². The molecule has 1 aliphatic heterocycles. The highest BCUT2D eigenvalue weighted by molar-refractivity contribution is 5.79. The van der Waals surface area contributed by atoms with E-state index in [2.05, 4.69) is 11.8 Å². The van der Waals surface area contributed by atoms with Crippen LogP contribution >= 0.6 is 0 Å². The van der Waals surface area contributed by atoms with Gasteiger partial charge in [0.1, 0.15) is 5.75 Å². The standard InChI is InChI=1S/C16H24N2O2/c1-3-8-17-9-11-18(12-10-17)16(19)13-14-6-4-5-7-15(14)20-2/h4-7H,3,8-13H2,1-2H3. The molecule has 1 fully saturated rings. The Hall–Kier alpha value is -1.55. The van der Waals surface area contributed by atoms with E-state index in [9.17, 15) is 4.79 Å². The topological polar surface area (TPSA) is 32.8 Å². The van der Waals surface area contributed by atoms with E-state index in [0.717, 1.165) is 44.0 Å². The zero-order valence-corrected chi connectivity index (χ0v) is 12.5. The van der Waals surface area contributed by atoms with Crippen molar-refractivity contribution in [1.29, 1.82) is 0 Å². The lowest BCUT2D eigenvalue weighted by Gasteiger charge is -2.34. The maximum Gasteiger partial charge on any atom is 0.227 e. The van der Waals surface area contributed by atoms with Crippen LogP contribution in [0.2, 0.25) is 0 Å². The predicted octanol–water partition coefficient (Wildman–Crippen LogP) is 1.79. The second kappa shape index (κ2) is 7.29. The van der Waals surface area contributed by atoms with Crippen molar-refractivity contribution < 1.29 is 9.53 Å². The fourth-order valence-corrected chi connectivity index (χ4v) is 2.66. The summed E-state index contributed by atoms with van der Waals surface area (Å²) in [4.78, 5) is 16.7. The molecule has 0 N–H and O–H groups in total. The predicted molar refractivity (Wildman–Crippen MR) is 80.0 cm³/mol. The zero-order valence-electron chi connectivity index (χ0n) is 12.5. The van der Waals surface area contributed by atoms with Crippen molar-refractivity contribution in [2.24, 2.45) is 0 Å². The maximum atomic E-state index is 12.4. The lowest BCUT2D eigenvalue weighted by molar-refractivity contribution is -0.132. The number of methoxy groups -OCH3 is 1. The van der Waals surface area contributed by atoms with Gasteiger partial charge < -0.3 is 9.64 Å². The number of piperazine rings is 1. The van der Waals surface area contributed by atoms with Gasteiger partial charge in [0, 0.05) is 31.7 Å². The summed E-state index contributed by atoms with van der Waals surface area (Å²) in [6.45, 7) is 6.99. The highest BCUT2D eigenvalue weighted by Crippen LogP contribution is 2.18. The SMILES string of the molecule is CCCN1CCN(C(=O)Cc2ccccc2OC)CC1. The second-order valence-electron chi connectivity index (χ2n) is 5.21. The molecule has 110 valence electrons. The van der Waals surface area contributed by atoms with Crippen LogP contribution in [0.15, 0.2) is 24.3 Å². The number of ether oxygens (including phenoxy) is 1. The molecule has 0 bridgehead atoms. The summed E-state index contributed by atoms with van der Waals surface area (Å²) >= 11 is 0. The summed E-state index contributed by atoms with van der Waals surface area (Å²) in [5, 5.41) is 0. The van der Waals surface area contributed by atoms with Gasteiger partial charge in [0.15, 0.2) is 0 Å². The summed E-state index contributed by atoms with van der Waals surface area (Å²) in [5.74, 6) is 0.996. The first-order chi connectivity index (χ1) is 9.74. The minimum Gasteiger partial charge on any atom is -0.496 e. The Morgan fingerprint density at radius 3 is 2.55 bits per heavy atom. The first-order valence-electron chi connectivity index (χ1n) is 7.36. The molecule has 4 heteroatoms. The molecule has 0 radical (unpaired) electrons. The van der Waals surface area contributed by atoms with Crippen LogP contribution in [0.25, 0.3) is 0 Å². The molecule has 1 heterocycles. The molecular weight excluding hydrogens is 252 g/mol. The summed E-state index contributed by atoms with van der Waals surface area (Å²) in [5.41, 5.74) is 0.969. The van der Waals surface area contributed by atoms with Crippen molar-refractivity contribution >= 4 is 5.91 Å². The van der Waals surface area contributed by atoms with Gasteiger partial charge in [-0.25, -0.2) is 0 Å². The highest BCUT2D eigenvalue weighted by Gasteiger charge is 2.21. The van der Waals surface area contributed by atoms with Crippen molar-refractivity contribution in [3.63, 3.8) is 0 Å². The van der Waals surface area contributed by atoms with E-state index in [1.165, 1.54) is 6.42 Å². The highest BCUT2D eigenvalue weighted by atomic mass is 16.5. The van der Waals surface area contributed by atoms with Gasteiger partial charge in [-0.15, -0.1) is 0 Å². The molecule has 1 aromatic rings. The van der Waals surface area contributed by atoms with E-state index in [1.54, 1.807) is 7.11 Å². The average Bonchev–Trinajstić information content (AvgIpc) is 2.49. The summed E-state index contributed by atoms with van der Waals surface area (Å²) < 4.78 is 5.30. The van der Waals surface area contributed by atoms with Crippen molar-refractivity contribution in [3.05, 3.63) is 29.8 Å². The van der Waals surface area contributed by atoms with Gasteiger partial charge >= 0.3 is 0 Å². The van der Waals surface area contributed by atoms with E-state index < -0.39 is 0 Å². The first-order valence-corrected chi connectivity index (χ1v) is 7.36. The smallest absolute Gasteiger partial charge is 0.227 e. The fraction of sp³-hybridized carbons (Fsp3) is 0.562. The lowest BCUT2D eigenvalue weighted by atomic mass is 10.1. The molecule has 20 heavy (non-hydrogen) atoms. The number of carbonyl (C=O) groups is 1. The van der Waals surface area contributed by atoms with Crippen LogP contribution in [0.1, 0.15) is 18.9 Å². The van der Waals surface area contributed by atoms with Gasteiger partial charge in [0.05, 0.1) is 13.5 Å². The van der Waals surface area contributed by atoms with Crippen LogP contribution < -0.4 is 4.74 Å². The summed E-state index contributed by atoms with van der Waals surface area (Å²) in [6.07, 6.45) is 1.60. The molecule has 4 nitrogen and oxygen atoms in total. The van der Waals surface area contributed by atoms with Crippen LogP contribution in [0.5, 0.6) is 5.75 Å². The molecule has 0 aromatic heterocycles. The van der Waals surface area contributed by atoms with Crippen LogP contribution in [-0.4, -0.2) is 55.5 Å². The number of para-hydroxylation sites is 1. The monoisotopic (exact) mass is 276 g/mol. The Balaban J connectivity index is 1.89. The van der Waals surface area contributed by atoms with E-state index in [0.29, 0.717) is 6.42 Å². The van der Waals surface area contributed by atoms with Gasteiger partial charge in [-0.1, -0.05) is 25.1 Å². The van der Waals surface area contributed by atoms with Crippen molar-refractivity contribution in [2.45, 2.75) is 19.8 Å². The number of benzene rings is 1. The molecule has 1 saturated heterocycles. The number of hydrogen-bond acceptors (Lipinski definition) is 3. The third kappa shape index (κ3) is 3.73. The number of hydrogen-bond donors (Lipinski definition) is 0. The lowest BCUT2D eigenvalue weighted by Crippen LogP contribution is -2.49. The quantitative estimate of drug-likeness (QED) is 0.822. The molecule has 1 aromatic carbocycles. The largest absolute Gasteiger partial charge is 0.496 e. The number of amides is 1. The fourth-order valence-electron chi connectivity index (χ4n) is 2.66. The number of nitrogens with zero attached hydrogens (tertiary/aromatic N) is 2. The van der Waals surface area contributed by atoms with Crippen LogP contribution in [0, 0.1) is 0 Å². The molecule has 0 aliphatic carbocycles. The van der Waals surface area contributed by atoms with Gasteiger partial charge in [0.2, 0.25) is 5.91 Å². The number of carbonyl (C=O) groups excluding carboxylic acids is 1. The van der Waals surface area contributed by atoms with E-state index >= 15 is 0 Å². The Labute approximate surface area is 121 Å². The Morgan fingerprint density at radius 1 is 1.20 bits per heavy atom. The van der Waals surface area contributed by atoms with Gasteiger partial charge in [0.25, 0.3) is 0 Å². The normalized spacial score (nSPS) is 16.2. The van der Waals surface area contributed by atoms with Gasteiger partial charge in [-0.05, 0) is 19.0 Å². The first kappa shape index (κ1) is 14.9. The molecule has 0 spiro atoms. The second-order valence-corrected chi connectivity index (χ2v) is 5.21. The molecule has 0 saturated carbocycles. The van der Waals surface area contributed by atoms with Crippen molar-refractivity contribution in [3.8, 4) is 5.75 Å². The third-order valence-electron chi connectivity index (χ3n) is 3.80. The van der Waals surface area contributed by atoms with Crippen LogP contribution in [-0.2, 0) is 11.2 Å². The zero-order chi connectivity index (χ0) is 14.4. The molecule has 0 atom stereocenters. The Kier molecular flexibility index (Phi) is 5.41. The molecule has 0 unspecified atom stereocenters. The van der Waals surface area contributed by atoms with E-state index in [-0.39, 0.29) is 5.91 Å². The number of rotatable bonds is 5. The molecule has 1 aliphatic rings. The summed E-state index contributed by atoms with van der Waals surface area (Å²) in [6, 6.07) is 7.74. The molecular formula is C16H24N2O2. The Morgan fingerprint density at radius 2 is 1.90 bits per heavy atom. The van der Waals surface area contributed by atoms with Gasteiger partial charge in [-0.2, -0.15) is 0 Å². The van der Waals surface area contributed by atoms with Crippen LogP contribution in [0.3, 0.4) is 0 Å². The van der Waals surface area contributed by atoms with E-state index in [4.69, 9.17) is 4.74 Å². The summed E-state index contributed by atoms with van der Waals surface area (Å²) in [7, 11) is 1.65. The molecule has 2 rings (SSSR count).